The predicted molar refractivity (Wildman–Crippen MR) is 69.9 cm³/mol. The van der Waals surface area contributed by atoms with Crippen LogP contribution in [0.5, 0.6) is 5.88 Å². The van der Waals surface area contributed by atoms with Crippen LogP contribution in [0.15, 0.2) is 40.9 Å². The van der Waals surface area contributed by atoms with Crippen molar-refractivity contribution in [3.63, 3.8) is 0 Å². The Labute approximate surface area is 111 Å². The van der Waals surface area contributed by atoms with Crippen molar-refractivity contribution in [1.82, 2.24) is 10.5 Å². The Kier molecular flexibility index (Phi) is 4.18. The average Bonchev–Trinajstić information content (AvgIpc) is 2.86. The Balaban J connectivity index is 1.92. The van der Waals surface area contributed by atoms with Gasteiger partial charge in [0.15, 0.2) is 0 Å². The van der Waals surface area contributed by atoms with Crippen molar-refractivity contribution in [3.05, 3.63) is 47.7 Å². The molecule has 1 aromatic carbocycles. The van der Waals surface area contributed by atoms with E-state index in [2.05, 4.69) is 10.5 Å². The van der Waals surface area contributed by atoms with E-state index in [0.29, 0.717) is 12.5 Å². The highest BCUT2D eigenvalue weighted by Crippen LogP contribution is 2.13. The van der Waals surface area contributed by atoms with E-state index >= 15 is 0 Å². The molecule has 2 aromatic rings. The minimum Gasteiger partial charge on any atom is -0.471 e. The van der Waals surface area contributed by atoms with Crippen molar-refractivity contribution >= 4 is 5.91 Å². The van der Waals surface area contributed by atoms with Gasteiger partial charge in [0, 0.05) is 6.04 Å². The van der Waals surface area contributed by atoms with Crippen LogP contribution in [-0.2, 0) is 6.61 Å². The van der Waals surface area contributed by atoms with Crippen LogP contribution in [0, 0.1) is 0 Å². The fraction of sp³-hybridized carbons (Fsp3) is 0.286. The van der Waals surface area contributed by atoms with E-state index in [0.717, 1.165) is 5.56 Å². The van der Waals surface area contributed by atoms with Crippen LogP contribution in [0.2, 0.25) is 0 Å². The summed E-state index contributed by atoms with van der Waals surface area (Å²) >= 11 is 0. The van der Waals surface area contributed by atoms with E-state index in [9.17, 15) is 4.79 Å². The summed E-state index contributed by atoms with van der Waals surface area (Å²) in [6.07, 6.45) is 0. The summed E-state index contributed by atoms with van der Waals surface area (Å²) in [5, 5.41) is 6.42. The molecular weight excluding hydrogens is 244 g/mol. The van der Waals surface area contributed by atoms with Crippen LogP contribution in [0.25, 0.3) is 0 Å². The summed E-state index contributed by atoms with van der Waals surface area (Å²) < 4.78 is 10.4. The van der Waals surface area contributed by atoms with Crippen LogP contribution >= 0.6 is 0 Å². The molecule has 0 aliphatic rings. The zero-order chi connectivity index (χ0) is 13.7. The highest BCUT2D eigenvalue weighted by atomic mass is 16.5. The molecule has 1 N–H and O–H groups in total. The molecule has 1 aromatic heterocycles. The van der Waals surface area contributed by atoms with Crippen LogP contribution < -0.4 is 10.1 Å². The third-order valence-corrected chi connectivity index (χ3v) is 2.36. The van der Waals surface area contributed by atoms with Gasteiger partial charge in [-0.1, -0.05) is 30.3 Å². The number of hydrogen-bond acceptors (Lipinski definition) is 4. The normalized spacial score (nSPS) is 10.5. The third-order valence-electron chi connectivity index (χ3n) is 2.36. The summed E-state index contributed by atoms with van der Waals surface area (Å²) in [7, 11) is 0. The topological polar surface area (TPSA) is 64.4 Å². The summed E-state index contributed by atoms with van der Waals surface area (Å²) in [4.78, 5) is 11.6. The molecule has 1 amide bonds. The molecule has 5 nitrogen and oxygen atoms in total. The Hall–Kier alpha value is -2.30. The Morgan fingerprint density at radius 2 is 2.11 bits per heavy atom. The average molecular weight is 260 g/mol. The second-order valence-electron chi connectivity index (χ2n) is 4.43. The van der Waals surface area contributed by atoms with Crippen LogP contribution in [-0.4, -0.2) is 17.1 Å². The highest BCUT2D eigenvalue weighted by Gasteiger charge is 2.14. The lowest BCUT2D eigenvalue weighted by Gasteiger charge is -2.04. The van der Waals surface area contributed by atoms with Gasteiger partial charge in [-0.05, 0) is 24.6 Å². The molecule has 0 unspecified atom stereocenters. The van der Waals surface area contributed by atoms with Gasteiger partial charge in [0.05, 0.1) is 6.07 Å². The minimum atomic E-state index is -0.294. The van der Waals surface area contributed by atoms with Gasteiger partial charge in [0.2, 0.25) is 5.76 Å². The van der Waals surface area contributed by atoms with Crippen LogP contribution in [0.1, 0.15) is 30.0 Å². The van der Waals surface area contributed by atoms with Crippen molar-refractivity contribution in [2.24, 2.45) is 0 Å². The zero-order valence-electron chi connectivity index (χ0n) is 10.9. The molecule has 0 radical (unpaired) electrons. The fourth-order valence-electron chi connectivity index (χ4n) is 1.50. The fourth-order valence-corrected chi connectivity index (χ4v) is 1.50. The maximum Gasteiger partial charge on any atom is 0.290 e. The van der Waals surface area contributed by atoms with Gasteiger partial charge in [-0.25, -0.2) is 0 Å². The maximum atomic E-state index is 11.6. The molecule has 100 valence electrons. The van der Waals surface area contributed by atoms with Gasteiger partial charge in [-0.15, -0.1) is 0 Å². The first-order valence-corrected chi connectivity index (χ1v) is 6.09. The number of benzene rings is 1. The smallest absolute Gasteiger partial charge is 0.290 e. The van der Waals surface area contributed by atoms with E-state index in [1.165, 1.54) is 6.07 Å². The molecule has 0 atom stereocenters. The van der Waals surface area contributed by atoms with Crippen molar-refractivity contribution in [2.75, 3.05) is 0 Å². The lowest BCUT2D eigenvalue weighted by atomic mass is 10.2. The molecule has 0 aliphatic heterocycles. The molecule has 19 heavy (non-hydrogen) atoms. The molecule has 0 aliphatic carbocycles. The number of amides is 1. The minimum absolute atomic E-state index is 0.0475. The Morgan fingerprint density at radius 3 is 2.79 bits per heavy atom. The van der Waals surface area contributed by atoms with E-state index in [-0.39, 0.29) is 17.7 Å². The number of carbonyl (C=O) groups excluding carboxylic acids is 1. The Morgan fingerprint density at radius 1 is 1.37 bits per heavy atom. The summed E-state index contributed by atoms with van der Waals surface area (Å²) in [5.74, 6) is 0.159. The standard InChI is InChI=1S/C14H16N2O3/c1-10(2)15-14(17)12-8-13(16-19-12)18-9-11-6-4-3-5-7-11/h3-8,10H,9H2,1-2H3,(H,15,17). The molecule has 0 spiro atoms. The van der Waals surface area contributed by atoms with E-state index in [1.54, 1.807) is 0 Å². The molecule has 5 heteroatoms. The maximum absolute atomic E-state index is 11.6. The summed E-state index contributed by atoms with van der Waals surface area (Å²) in [6.45, 7) is 4.14. The number of ether oxygens (including phenoxy) is 1. The second-order valence-corrected chi connectivity index (χ2v) is 4.43. The van der Waals surface area contributed by atoms with E-state index in [4.69, 9.17) is 9.26 Å². The zero-order valence-corrected chi connectivity index (χ0v) is 10.9. The van der Waals surface area contributed by atoms with Gasteiger partial charge in [-0.2, -0.15) is 0 Å². The van der Waals surface area contributed by atoms with Crippen molar-refractivity contribution in [1.29, 1.82) is 0 Å². The number of carbonyl (C=O) groups is 1. The molecule has 0 saturated carbocycles. The predicted octanol–water partition coefficient (Wildman–Crippen LogP) is 2.39. The number of nitrogens with one attached hydrogen (secondary N) is 1. The van der Waals surface area contributed by atoms with E-state index in [1.807, 2.05) is 44.2 Å². The van der Waals surface area contributed by atoms with Gasteiger partial charge in [0.25, 0.3) is 11.8 Å². The molecule has 2 rings (SSSR count). The number of aromatic nitrogens is 1. The SMILES string of the molecule is CC(C)NC(=O)c1cc(OCc2ccccc2)no1. The Bertz CT molecular complexity index is 535. The largest absolute Gasteiger partial charge is 0.471 e. The quantitative estimate of drug-likeness (QED) is 0.896. The molecular formula is C14H16N2O3. The lowest BCUT2D eigenvalue weighted by Crippen LogP contribution is -2.29. The van der Waals surface area contributed by atoms with Crippen LogP contribution in [0.4, 0.5) is 0 Å². The first-order chi connectivity index (χ1) is 9.15. The second kappa shape index (κ2) is 6.04. The number of hydrogen-bond donors (Lipinski definition) is 1. The lowest BCUT2D eigenvalue weighted by molar-refractivity contribution is 0.0905. The van der Waals surface area contributed by atoms with Crippen molar-refractivity contribution in [3.8, 4) is 5.88 Å². The number of nitrogens with zero attached hydrogens (tertiary/aromatic N) is 1. The van der Waals surface area contributed by atoms with Crippen molar-refractivity contribution < 1.29 is 14.1 Å². The number of rotatable bonds is 5. The van der Waals surface area contributed by atoms with Gasteiger partial charge in [0.1, 0.15) is 6.61 Å². The first kappa shape index (κ1) is 13.1. The highest BCUT2D eigenvalue weighted by molar-refractivity contribution is 5.91. The van der Waals surface area contributed by atoms with Gasteiger partial charge >= 0.3 is 0 Å². The molecule has 0 bridgehead atoms. The summed E-state index contributed by atoms with van der Waals surface area (Å²) in [5.41, 5.74) is 1.03. The molecule has 0 saturated heterocycles. The van der Waals surface area contributed by atoms with Gasteiger partial charge in [-0.3, -0.25) is 4.79 Å². The molecule has 0 fully saturated rings. The van der Waals surface area contributed by atoms with E-state index < -0.39 is 0 Å². The van der Waals surface area contributed by atoms with Gasteiger partial charge < -0.3 is 14.6 Å². The van der Waals surface area contributed by atoms with Crippen LogP contribution in [0.3, 0.4) is 0 Å². The monoisotopic (exact) mass is 260 g/mol. The van der Waals surface area contributed by atoms with Crippen molar-refractivity contribution in [2.45, 2.75) is 26.5 Å². The summed E-state index contributed by atoms with van der Waals surface area (Å²) in [6, 6.07) is 11.2. The molecule has 1 heterocycles. The third kappa shape index (κ3) is 3.84. The first-order valence-electron chi connectivity index (χ1n) is 6.09.